The Labute approximate surface area is 136 Å². The zero-order valence-corrected chi connectivity index (χ0v) is 13.5. The van der Waals surface area contributed by atoms with Crippen molar-refractivity contribution in [3.8, 4) is 5.75 Å². The first-order valence-electron chi connectivity index (χ1n) is 8.15. The molecule has 0 aliphatic carbocycles. The molecule has 3 rings (SSSR count). The van der Waals surface area contributed by atoms with Crippen LogP contribution in [0.4, 0.5) is 0 Å². The van der Waals surface area contributed by atoms with E-state index in [0.717, 1.165) is 38.2 Å². The van der Waals surface area contributed by atoms with Crippen molar-refractivity contribution in [3.05, 3.63) is 48.3 Å². The Bertz CT molecular complexity index is 614. The van der Waals surface area contributed by atoms with Gasteiger partial charge in [-0.2, -0.15) is 5.10 Å². The molecule has 1 fully saturated rings. The first-order valence-corrected chi connectivity index (χ1v) is 8.15. The van der Waals surface area contributed by atoms with Gasteiger partial charge in [0.05, 0.1) is 0 Å². The number of rotatable bonds is 5. The molecule has 1 amide bonds. The fourth-order valence-electron chi connectivity index (χ4n) is 2.91. The summed E-state index contributed by atoms with van der Waals surface area (Å²) in [6.07, 6.45) is 5.85. The van der Waals surface area contributed by atoms with Crippen LogP contribution in [0.3, 0.4) is 0 Å². The van der Waals surface area contributed by atoms with Crippen LogP contribution in [-0.4, -0.2) is 40.3 Å². The molecule has 0 saturated carbocycles. The van der Waals surface area contributed by atoms with E-state index in [2.05, 4.69) is 5.10 Å². The minimum Gasteiger partial charge on any atom is -0.484 e. The van der Waals surface area contributed by atoms with Crippen molar-refractivity contribution in [3.63, 3.8) is 0 Å². The molecule has 0 radical (unpaired) electrons. The van der Waals surface area contributed by atoms with Gasteiger partial charge in [0.15, 0.2) is 6.61 Å². The van der Waals surface area contributed by atoms with Crippen LogP contribution in [0.2, 0.25) is 0 Å². The minimum absolute atomic E-state index is 0.0723. The fourth-order valence-corrected chi connectivity index (χ4v) is 2.91. The Kier molecular flexibility index (Phi) is 4.95. The molecule has 1 aliphatic rings. The molecule has 1 aromatic heterocycles. The van der Waals surface area contributed by atoms with Gasteiger partial charge in [0.2, 0.25) is 0 Å². The third kappa shape index (κ3) is 4.34. The van der Waals surface area contributed by atoms with Crippen LogP contribution in [0.1, 0.15) is 18.4 Å². The molecule has 1 aliphatic heterocycles. The smallest absolute Gasteiger partial charge is 0.260 e. The molecule has 0 bridgehead atoms. The van der Waals surface area contributed by atoms with Crippen LogP contribution >= 0.6 is 0 Å². The Morgan fingerprint density at radius 2 is 2.00 bits per heavy atom. The number of hydrogen-bond acceptors (Lipinski definition) is 3. The van der Waals surface area contributed by atoms with Crippen molar-refractivity contribution < 1.29 is 9.53 Å². The van der Waals surface area contributed by atoms with Gasteiger partial charge >= 0.3 is 0 Å². The zero-order valence-electron chi connectivity index (χ0n) is 13.5. The minimum atomic E-state index is 0.0723. The van der Waals surface area contributed by atoms with E-state index in [1.165, 1.54) is 5.56 Å². The van der Waals surface area contributed by atoms with Crippen molar-refractivity contribution in [2.24, 2.45) is 5.92 Å². The molecule has 1 saturated heterocycles. The van der Waals surface area contributed by atoms with E-state index >= 15 is 0 Å². The number of carbonyl (C=O) groups is 1. The van der Waals surface area contributed by atoms with E-state index in [9.17, 15) is 4.79 Å². The lowest BCUT2D eigenvalue weighted by Gasteiger charge is -2.31. The van der Waals surface area contributed by atoms with Gasteiger partial charge in [-0.15, -0.1) is 0 Å². The zero-order chi connectivity index (χ0) is 16.1. The van der Waals surface area contributed by atoms with Gasteiger partial charge in [-0.05, 0) is 43.9 Å². The molecule has 2 aromatic rings. The van der Waals surface area contributed by atoms with E-state index in [0.29, 0.717) is 5.92 Å². The third-order valence-corrected chi connectivity index (χ3v) is 4.35. The highest BCUT2D eigenvalue weighted by Gasteiger charge is 2.23. The number of aryl methyl sites for hydroxylation is 1. The fraction of sp³-hybridized carbons (Fsp3) is 0.444. The molecule has 0 N–H and O–H groups in total. The second-order valence-corrected chi connectivity index (χ2v) is 6.15. The number of hydrogen-bond donors (Lipinski definition) is 0. The molecule has 5 heteroatoms. The second-order valence-electron chi connectivity index (χ2n) is 6.15. The normalized spacial score (nSPS) is 15.6. The summed E-state index contributed by atoms with van der Waals surface area (Å²) in [5, 5.41) is 4.25. The first kappa shape index (κ1) is 15.6. The Morgan fingerprint density at radius 1 is 1.26 bits per heavy atom. The SMILES string of the molecule is Cc1ccc(OCC(=O)N2CCC(Cn3cccn3)CC2)cc1. The lowest BCUT2D eigenvalue weighted by atomic mass is 9.97. The maximum Gasteiger partial charge on any atom is 0.260 e. The summed E-state index contributed by atoms with van der Waals surface area (Å²) in [6, 6.07) is 9.72. The Hall–Kier alpha value is -2.30. The predicted octanol–water partition coefficient (Wildman–Crippen LogP) is 2.51. The predicted molar refractivity (Wildman–Crippen MR) is 88.2 cm³/mol. The summed E-state index contributed by atoms with van der Waals surface area (Å²) in [5.41, 5.74) is 1.18. The highest BCUT2D eigenvalue weighted by atomic mass is 16.5. The van der Waals surface area contributed by atoms with Gasteiger partial charge < -0.3 is 9.64 Å². The number of piperidine rings is 1. The molecule has 0 spiro atoms. The van der Waals surface area contributed by atoms with Gasteiger partial charge in [0, 0.05) is 32.0 Å². The lowest BCUT2D eigenvalue weighted by Crippen LogP contribution is -2.41. The number of aromatic nitrogens is 2. The second kappa shape index (κ2) is 7.31. The van der Waals surface area contributed by atoms with E-state index in [-0.39, 0.29) is 12.5 Å². The van der Waals surface area contributed by atoms with Gasteiger partial charge in [-0.25, -0.2) is 0 Å². The van der Waals surface area contributed by atoms with Crippen LogP contribution in [-0.2, 0) is 11.3 Å². The monoisotopic (exact) mass is 313 g/mol. The average Bonchev–Trinajstić information content (AvgIpc) is 3.08. The molecular weight excluding hydrogens is 290 g/mol. The molecular formula is C18H23N3O2. The van der Waals surface area contributed by atoms with E-state index in [1.807, 2.05) is 53.0 Å². The molecule has 5 nitrogen and oxygen atoms in total. The van der Waals surface area contributed by atoms with Crippen molar-refractivity contribution in [1.29, 1.82) is 0 Å². The highest BCUT2D eigenvalue weighted by molar-refractivity contribution is 5.77. The van der Waals surface area contributed by atoms with E-state index < -0.39 is 0 Å². The van der Waals surface area contributed by atoms with Crippen molar-refractivity contribution in [2.45, 2.75) is 26.3 Å². The van der Waals surface area contributed by atoms with Gasteiger partial charge in [0.1, 0.15) is 5.75 Å². The largest absolute Gasteiger partial charge is 0.484 e. The quantitative estimate of drug-likeness (QED) is 0.852. The molecule has 1 aromatic carbocycles. The molecule has 0 atom stereocenters. The average molecular weight is 313 g/mol. The number of ether oxygens (including phenoxy) is 1. The van der Waals surface area contributed by atoms with Crippen molar-refractivity contribution in [2.75, 3.05) is 19.7 Å². The summed E-state index contributed by atoms with van der Waals surface area (Å²) in [4.78, 5) is 14.2. The van der Waals surface area contributed by atoms with Crippen LogP contribution in [0, 0.1) is 12.8 Å². The van der Waals surface area contributed by atoms with Gasteiger partial charge in [0.25, 0.3) is 5.91 Å². The maximum absolute atomic E-state index is 12.2. The first-order chi connectivity index (χ1) is 11.2. The standard InChI is InChI=1S/C18H23N3O2/c1-15-3-5-17(6-4-15)23-14-18(22)20-11-7-16(8-12-20)13-21-10-2-9-19-21/h2-6,9-10,16H,7-8,11-14H2,1H3. The van der Waals surface area contributed by atoms with Crippen LogP contribution in [0.15, 0.2) is 42.7 Å². The van der Waals surface area contributed by atoms with E-state index in [1.54, 1.807) is 6.20 Å². The topological polar surface area (TPSA) is 47.4 Å². The molecule has 23 heavy (non-hydrogen) atoms. The maximum atomic E-state index is 12.2. The number of amides is 1. The lowest BCUT2D eigenvalue weighted by molar-refractivity contribution is -0.134. The molecule has 122 valence electrons. The van der Waals surface area contributed by atoms with Gasteiger partial charge in [-0.1, -0.05) is 17.7 Å². The number of likely N-dealkylation sites (tertiary alicyclic amines) is 1. The number of benzene rings is 1. The molecule has 0 unspecified atom stereocenters. The van der Waals surface area contributed by atoms with Crippen LogP contribution in [0.5, 0.6) is 5.75 Å². The number of nitrogens with zero attached hydrogens (tertiary/aromatic N) is 3. The number of carbonyl (C=O) groups excluding carboxylic acids is 1. The summed E-state index contributed by atoms with van der Waals surface area (Å²) < 4.78 is 7.56. The Balaban J connectivity index is 1.42. The van der Waals surface area contributed by atoms with Crippen LogP contribution < -0.4 is 4.74 Å². The van der Waals surface area contributed by atoms with Crippen molar-refractivity contribution in [1.82, 2.24) is 14.7 Å². The summed E-state index contributed by atoms with van der Waals surface area (Å²) >= 11 is 0. The Morgan fingerprint density at radius 3 is 2.65 bits per heavy atom. The summed E-state index contributed by atoms with van der Waals surface area (Å²) in [7, 11) is 0. The highest BCUT2D eigenvalue weighted by Crippen LogP contribution is 2.19. The summed E-state index contributed by atoms with van der Waals surface area (Å²) in [6.45, 7) is 4.70. The molecule has 2 heterocycles. The summed E-state index contributed by atoms with van der Waals surface area (Å²) in [5.74, 6) is 1.41. The van der Waals surface area contributed by atoms with Crippen LogP contribution in [0.25, 0.3) is 0 Å². The van der Waals surface area contributed by atoms with E-state index in [4.69, 9.17) is 4.74 Å². The third-order valence-electron chi connectivity index (χ3n) is 4.35. The van der Waals surface area contributed by atoms with Crippen molar-refractivity contribution >= 4 is 5.91 Å². The van der Waals surface area contributed by atoms with Gasteiger partial charge in [-0.3, -0.25) is 9.48 Å².